The molecule has 2 aromatic heterocycles. The number of rotatable bonds is 5. The van der Waals surface area contributed by atoms with Crippen molar-refractivity contribution >= 4 is 12.2 Å². The first-order chi connectivity index (χ1) is 18.3. The lowest BCUT2D eigenvalue weighted by molar-refractivity contribution is -0.143. The van der Waals surface area contributed by atoms with E-state index in [1.165, 1.54) is 0 Å². The number of ether oxygens (including phenoxy) is 2. The van der Waals surface area contributed by atoms with E-state index in [4.69, 9.17) is 14.6 Å². The first kappa shape index (κ1) is 29.8. The van der Waals surface area contributed by atoms with Crippen LogP contribution in [-0.4, -0.2) is 51.6 Å². The van der Waals surface area contributed by atoms with Gasteiger partial charge in [-0.2, -0.15) is 10.2 Å². The summed E-state index contributed by atoms with van der Waals surface area (Å²) in [7, 11) is 3.82. The van der Waals surface area contributed by atoms with Crippen LogP contribution in [-0.2, 0) is 21.3 Å². The molecule has 0 spiro atoms. The number of carbonyl (C=O) groups excluding carboxylic acids is 1. The Kier molecular flexibility index (Phi) is 11.8. The minimum atomic E-state index is -0.555. The first-order valence-corrected chi connectivity index (χ1v) is 12.0. The lowest BCUT2D eigenvalue weighted by atomic mass is 10.1. The van der Waals surface area contributed by atoms with Gasteiger partial charge in [-0.25, -0.2) is 4.68 Å². The zero-order valence-corrected chi connectivity index (χ0v) is 22.5. The Hall–Kier alpha value is -4.39. The minimum absolute atomic E-state index is 0.285. The summed E-state index contributed by atoms with van der Waals surface area (Å²) < 4.78 is 14.1. The molecule has 0 aliphatic carbocycles. The second kappa shape index (κ2) is 15.0. The Morgan fingerprint density at radius 3 is 2.08 bits per heavy atom. The average molecular weight is 517 g/mol. The fourth-order valence-electron chi connectivity index (χ4n) is 3.59. The van der Waals surface area contributed by atoms with E-state index in [-0.39, 0.29) is 6.23 Å². The van der Waals surface area contributed by atoms with Gasteiger partial charge in [0.2, 0.25) is 6.41 Å². The summed E-state index contributed by atoms with van der Waals surface area (Å²) in [5.41, 5.74) is 4.13. The summed E-state index contributed by atoms with van der Waals surface area (Å²) in [6.07, 6.45) is 12.1. The zero-order valence-electron chi connectivity index (χ0n) is 22.5. The molecule has 0 saturated carbocycles. The zero-order chi connectivity index (χ0) is 28.0. The van der Waals surface area contributed by atoms with Gasteiger partial charge in [-0.15, -0.1) is 12.8 Å². The van der Waals surface area contributed by atoms with Gasteiger partial charge in [0.05, 0.1) is 18.5 Å². The van der Waals surface area contributed by atoms with Gasteiger partial charge in [0.1, 0.15) is 11.5 Å². The number of benzene rings is 2. The topological polar surface area (TPSA) is 95.2 Å². The van der Waals surface area contributed by atoms with E-state index in [1.807, 2.05) is 97.9 Å². The molecular weight excluding hydrogens is 480 g/mol. The largest absolute Gasteiger partial charge is 0.373 e. The Labute approximate surface area is 224 Å². The number of nitrogens with one attached hydrogen (secondary N) is 2. The number of hydrogen-bond acceptors (Lipinski definition) is 6. The molecule has 1 saturated heterocycles. The number of terminal acetylenes is 1. The third kappa shape index (κ3) is 8.62. The van der Waals surface area contributed by atoms with Gasteiger partial charge in [0, 0.05) is 31.4 Å². The maximum Gasteiger partial charge on any atom is 0.209 e. The van der Waals surface area contributed by atoms with E-state index in [1.54, 1.807) is 18.5 Å². The van der Waals surface area contributed by atoms with Crippen molar-refractivity contribution in [1.82, 2.24) is 24.9 Å². The van der Waals surface area contributed by atoms with Crippen LogP contribution >= 0.6 is 0 Å². The summed E-state index contributed by atoms with van der Waals surface area (Å²) in [6, 6.07) is 22.1. The third-order valence-corrected chi connectivity index (χ3v) is 5.27. The van der Waals surface area contributed by atoms with Gasteiger partial charge in [0.15, 0.2) is 12.0 Å². The predicted molar refractivity (Wildman–Crippen MR) is 150 cm³/mol. The molecule has 1 aliphatic rings. The number of hydrogen-bond donors (Lipinski definition) is 2. The number of nitrogens with zero attached hydrogens (tertiary/aromatic N) is 4. The molecule has 1 amide bonds. The van der Waals surface area contributed by atoms with Crippen LogP contribution in [0.5, 0.6) is 0 Å². The molecule has 1 aliphatic heterocycles. The van der Waals surface area contributed by atoms with Crippen LogP contribution in [0.4, 0.5) is 5.82 Å². The molecule has 38 heavy (non-hydrogen) atoms. The quantitative estimate of drug-likeness (QED) is 0.302. The molecule has 9 heteroatoms. The van der Waals surface area contributed by atoms with Crippen molar-refractivity contribution in [2.75, 3.05) is 19.0 Å². The lowest BCUT2D eigenvalue weighted by Crippen LogP contribution is -2.31. The molecule has 9 nitrogen and oxygen atoms in total. The van der Waals surface area contributed by atoms with Crippen molar-refractivity contribution in [2.45, 2.75) is 32.8 Å². The summed E-state index contributed by atoms with van der Waals surface area (Å²) in [4.78, 5) is 9.93. The van der Waals surface area contributed by atoms with E-state index < -0.39 is 5.79 Å². The molecule has 1 atom stereocenters. The first-order valence-electron chi connectivity index (χ1n) is 12.0. The number of carbonyl (C=O) groups is 1. The van der Waals surface area contributed by atoms with E-state index in [9.17, 15) is 4.79 Å². The number of anilines is 1. The fraction of sp³-hybridized carbons (Fsp3) is 0.276. The summed E-state index contributed by atoms with van der Waals surface area (Å²) in [5.74, 6) is 0.441. The molecule has 200 valence electrons. The third-order valence-electron chi connectivity index (χ3n) is 5.27. The van der Waals surface area contributed by atoms with E-state index in [2.05, 4.69) is 35.5 Å². The van der Waals surface area contributed by atoms with Crippen molar-refractivity contribution < 1.29 is 14.3 Å². The normalized spacial score (nSPS) is 14.9. The number of aromatic nitrogens is 4. The van der Waals surface area contributed by atoms with Gasteiger partial charge in [-0.3, -0.25) is 9.48 Å². The molecule has 0 unspecified atom stereocenters. The SMILES string of the molecule is C#C.CC1(C)OC[C@H](NC=O)O1.CNc1c(C)c(-c2cnn(C)c2)nn1-c1ccccc1.c1ccccc1. The Morgan fingerprint density at radius 2 is 1.63 bits per heavy atom. The van der Waals surface area contributed by atoms with E-state index >= 15 is 0 Å². The highest BCUT2D eigenvalue weighted by Gasteiger charge is 2.32. The maximum atomic E-state index is 9.93. The van der Waals surface area contributed by atoms with Gasteiger partial charge < -0.3 is 20.1 Å². The second-order valence-corrected chi connectivity index (χ2v) is 8.48. The molecular formula is C29H36N6O3. The van der Waals surface area contributed by atoms with Gasteiger partial charge in [-0.1, -0.05) is 54.6 Å². The summed E-state index contributed by atoms with van der Waals surface area (Å²) in [6.45, 7) is 6.10. The average Bonchev–Trinajstić information content (AvgIpc) is 3.63. The number of para-hydroxylation sites is 1. The van der Waals surface area contributed by atoms with Crippen LogP contribution in [0.15, 0.2) is 79.1 Å². The second-order valence-electron chi connectivity index (χ2n) is 8.48. The van der Waals surface area contributed by atoms with Gasteiger partial charge >= 0.3 is 0 Å². The standard InChI is InChI=1S/C15H17N5.C6H11NO3.C6H6.C2H2/c1-11-14(12-9-17-19(3)10-12)18-20(15(11)16-2)13-7-5-4-6-8-13;1-6(2)9-3-5(10-6)7-4-8;1-2-4-6-5-3-1;1-2/h4-10,16H,1-3H3;4-5H,3H2,1-2H3,(H,7,8);1-6H;1-2H/t;5-;;/m.1../s1. The number of aryl methyl sites for hydroxylation is 1. The molecule has 1 fully saturated rings. The van der Waals surface area contributed by atoms with Crippen molar-refractivity contribution in [3.63, 3.8) is 0 Å². The predicted octanol–water partition coefficient (Wildman–Crippen LogP) is 4.40. The van der Waals surface area contributed by atoms with Crippen LogP contribution in [0.25, 0.3) is 16.9 Å². The molecule has 2 aromatic carbocycles. The molecule has 2 N–H and O–H groups in total. The van der Waals surface area contributed by atoms with Crippen molar-refractivity contribution in [1.29, 1.82) is 0 Å². The van der Waals surface area contributed by atoms with Crippen LogP contribution in [0, 0.1) is 19.8 Å². The Morgan fingerprint density at radius 1 is 1.05 bits per heavy atom. The molecule has 0 bridgehead atoms. The Bertz CT molecular complexity index is 1220. The van der Waals surface area contributed by atoms with Crippen molar-refractivity contribution in [3.8, 4) is 29.8 Å². The smallest absolute Gasteiger partial charge is 0.209 e. The van der Waals surface area contributed by atoms with Crippen LogP contribution in [0.2, 0.25) is 0 Å². The van der Waals surface area contributed by atoms with Gasteiger partial charge in [-0.05, 0) is 32.9 Å². The Balaban J connectivity index is 0.000000233. The monoisotopic (exact) mass is 516 g/mol. The molecule has 0 radical (unpaired) electrons. The van der Waals surface area contributed by atoms with Crippen molar-refractivity contribution in [2.24, 2.45) is 7.05 Å². The highest BCUT2D eigenvalue weighted by molar-refractivity contribution is 5.69. The highest BCUT2D eigenvalue weighted by Crippen LogP contribution is 2.29. The van der Waals surface area contributed by atoms with Crippen LogP contribution in [0.3, 0.4) is 0 Å². The highest BCUT2D eigenvalue weighted by atomic mass is 16.7. The van der Waals surface area contributed by atoms with Gasteiger partial charge in [0.25, 0.3) is 0 Å². The summed E-state index contributed by atoms with van der Waals surface area (Å²) in [5, 5.41) is 14.7. The maximum absolute atomic E-state index is 9.93. The van der Waals surface area contributed by atoms with E-state index in [0.29, 0.717) is 13.0 Å². The molecule has 4 aromatic rings. The number of amides is 1. The molecule has 5 rings (SSSR count). The lowest BCUT2D eigenvalue weighted by Gasteiger charge is -2.15. The molecule has 3 heterocycles. The minimum Gasteiger partial charge on any atom is -0.373 e. The van der Waals surface area contributed by atoms with Crippen LogP contribution < -0.4 is 10.6 Å². The van der Waals surface area contributed by atoms with E-state index in [0.717, 1.165) is 28.3 Å². The summed E-state index contributed by atoms with van der Waals surface area (Å²) >= 11 is 0. The van der Waals surface area contributed by atoms with Crippen LogP contribution in [0.1, 0.15) is 19.4 Å². The van der Waals surface area contributed by atoms with Crippen molar-refractivity contribution in [3.05, 3.63) is 84.7 Å². The fourth-order valence-corrected chi connectivity index (χ4v) is 3.59.